The maximum atomic E-state index is 6.63. The topological polar surface area (TPSA) is 123 Å². The van der Waals surface area contributed by atoms with Crippen molar-refractivity contribution in [3.8, 4) is 69.0 Å². The van der Waals surface area contributed by atoms with E-state index in [2.05, 4.69) is 192 Å². The van der Waals surface area contributed by atoms with Gasteiger partial charge < -0.3 is 56.8 Å². The van der Waals surface area contributed by atoms with Gasteiger partial charge in [-0.15, -0.1) is 0 Å². The minimum Gasteiger partial charge on any atom is -0.494 e. The van der Waals surface area contributed by atoms with Crippen molar-refractivity contribution in [1.82, 2.24) is 0 Å². The Balaban J connectivity index is 1.28. The Morgan fingerprint density at radius 1 is 0.206 bits per heavy atom. The summed E-state index contributed by atoms with van der Waals surface area (Å²) in [7, 11) is 0. The minimum atomic E-state index is 0.518. The van der Waals surface area contributed by atoms with E-state index in [9.17, 15) is 0 Å². The molecule has 7 aromatic carbocycles. The molecule has 0 aromatic heterocycles. The molecule has 0 aliphatic heterocycles. The fourth-order valence-corrected chi connectivity index (χ4v) is 10.5. The first-order chi connectivity index (χ1) is 50.1. The molecule has 0 fully saturated rings. The van der Waals surface area contributed by atoms with Crippen LogP contribution in [0.3, 0.4) is 0 Å². The van der Waals surface area contributed by atoms with Gasteiger partial charge in [-0.2, -0.15) is 0 Å². The highest BCUT2D eigenvalue weighted by Crippen LogP contribution is 2.41. The van der Waals surface area contributed by atoms with E-state index in [-0.39, 0.29) is 0 Å². The molecule has 0 heterocycles. The van der Waals surface area contributed by atoms with Crippen molar-refractivity contribution in [1.29, 1.82) is 0 Å². The van der Waals surface area contributed by atoms with Gasteiger partial charge in [0, 0.05) is 67.4 Å². The van der Waals surface area contributed by atoms with Crippen LogP contribution in [0.5, 0.6) is 69.0 Å². The fraction of sp³-hybridized carbons (Fsp3) is 0.404. The average molecular weight is 1390 g/mol. The van der Waals surface area contributed by atoms with E-state index in [0.717, 1.165) is 201 Å². The van der Waals surface area contributed by atoms with E-state index in [1.807, 2.05) is 66.9 Å². The van der Waals surface area contributed by atoms with Crippen molar-refractivity contribution in [3.63, 3.8) is 0 Å². The van der Waals surface area contributed by atoms with Crippen LogP contribution < -0.4 is 56.8 Å². The van der Waals surface area contributed by atoms with Crippen molar-refractivity contribution < 1.29 is 56.8 Å². The summed E-state index contributed by atoms with van der Waals surface area (Å²) in [5.41, 5.74) is 10.4. The van der Waals surface area contributed by atoms with Crippen molar-refractivity contribution in [2.45, 2.75) is 160 Å². The summed E-state index contributed by atoms with van der Waals surface area (Å²) in [5, 5.41) is 0. The Kier molecular flexibility index (Phi) is 35.5. The number of rotatable bonds is 48. The lowest BCUT2D eigenvalue weighted by Gasteiger charge is -2.17. The number of para-hydroxylation sites is 1. The van der Waals surface area contributed by atoms with Gasteiger partial charge in [-0.1, -0.05) is 162 Å². The van der Waals surface area contributed by atoms with Crippen LogP contribution in [0.1, 0.15) is 221 Å². The van der Waals surface area contributed by atoms with E-state index in [1.165, 1.54) is 0 Å². The zero-order chi connectivity index (χ0) is 72.5. The summed E-state index contributed by atoms with van der Waals surface area (Å²) >= 11 is 0. The molecule has 0 aliphatic carbocycles. The molecule has 102 heavy (non-hydrogen) atoms. The van der Waals surface area contributed by atoms with Gasteiger partial charge in [0.05, 0.1) is 85.0 Å². The van der Waals surface area contributed by atoms with Crippen LogP contribution in [-0.4, -0.2) is 85.5 Å². The molecule has 0 bridgehead atoms. The Bertz CT molecular complexity index is 3840. The van der Waals surface area contributed by atoms with E-state index in [1.54, 1.807) is 0 Å². The first-order valence-corrected chi connectivity index (χ1v) is 37.6. The van der Waals surface area contributed by atoms with Crippen LogP contribution >= 0.6 is 0 Å². The van der Waals surface area contributed by atoms with Crippen LogP contribution in [0.25, 0.3) is 60.8 Å². The highest BCUT2D eigenvalue weighted by molar-refractivity contribution is 5.89. The lowest BCUT2D eigenvalue weighted by Crippen LogP contribution is -2.03. The van der Waals surface area contributed by atoms with Crippen molar-refractivity contribution in [3.05, 3.63) is 170 Å². The smallest absolute Gasteiger partial charge is 0.128 e. The molecule has 13 heteroatoms. The fourth-order valence-electron chi connectivity index (χ4n) is 10.5. The monoisotopic (exact) mass is 1390 g/mol. The Hall–Kier alpha value is -9.49. The highest BCUT2D eigenvalue weighted by atomic mass is 16.5. The molecule has 0 spiro atoms. The zero-order valence-electron chi connectivity index (χ0n) is 63.1. The van der Waals surface area contributed by atoms with Crippen LogP contribution in [0, 0.1) is 0 Å². The van der Waals surface area contributed by atoms with E-state index < -0.39 is 0 Å². The normalized spacial score (nSPS) is 11.6. The minimum absolute atomic E-state index is 0.518. The molecular formula is C89H113NO12. The van der Waals surface area contributed by atoms with Crippen molar-refractivity contribution >= 4 is 72.7 Å². The van der Waals surface area contributed by atoms with Crippen LogP contribution in [0.15, 0.2) is 114 Å². The second-order valence-corrected chi connectivity index (χ2v) is 24.8. The Morgan fingerprint density at radius 2 is 0.402 bits per heavy atom. The third kappa shape index (κ3) is 25.2. The van der Waals surface area contributed by atoms with Gasteiger partial charge in [-0.3, -0.25) is 4.99 Å². The third-order valence-corrected chi connectivity index (χ3v) is 15.6. The molecule has 546 valence electrons. The molecule has 0 saturated heterocycles. The predicted molar refractivity (Wildman–Crippen MR) is 426 cm³/mol. The lowest BCUT2D eigenvalue weighted by molar-refractivity contribution is 0.307. The maximum Gasteiger partial charge on any atom is 0.128 e. The molecule has 7 aromatic rings. The van der Waals surface area contributed by atoms with Crippen LogP contribution in [0.2, 0.25) is 0 Å². The van der Waals surface area contributed by atoms with Gasteiger partial charge in [0.25, 0.3) is 0 Å². The highest BCUT2D eigenvalue weighted by Gasteiger charge is 2.19. The van der Waals surface area contributed by atoms with Gasteiger partial charge in [0.1, 0.15) is 69.0 Å². The first kappa shape index (κ1) is 79.8. The summed E-state index contributed by atoms with van der Waals surface area (Å²) in [6.07, 6.45) is 32.8. The standard InChI is InChI=1S/C89H113NO12/c1-13-42-91-78-40-41-79(92-43-14-2)66(54-78)30-31-67-55-81(94-45-16-4)68(56-80(67)93-44-15-3)32-33-69-57-83(96-47-18-6)70(58-82(69)95-46-17-5)34-35-71-59-85(98-49-20-8)72(60-84(71)97-48-19-7)36-37-73-61-87(100-51-22-10)74(62-86(73)99-50-21-9)38-39-75-63-89(102-53-24-12)76(64-88(75)101-52-23-11)65-90-77-28-26-25-27-29-77/h25-41,54-65H,13-24,42-53H2,1-12H3/b31-30+,33-32+,35-34+,37-36+,39-38+,90-65?. The number of hydrogen-bond donors (Lipinski definition) is 0. The maximum absolute atomic E-state index is 6.63. The lowest BCUT2D eigenvalue weighted by atomic mass is 10.0. The van der Waals surface area contributed by atoms with Crippen LogP contribution in [-0.2, 0) is 0 Å². The van der Waals surface area contributed by atoms with Gasteiger partial charge in [0.2, 0.25) is 0 Å². The summed E-state index contributed by atoms with van der Waals surface area (Å²) in [6.45, 7) is 31.9. The third-order valence-electron chi connectivity index (χ3n) is 15.6. The molecule has 0 aliphatic rings. The number of aliphatic imine (C=N–C) groups is 1. The average Bonchev–Trinajstić information content (AvgIpc) is 0.805. The largest absolute Gasteiger partial charge is 0.494 e. The van der Waals surface area contributed by atoms with Crippen LogP contribution in [0.4, 0.5) is 5.69 Å². The van der Waals surface area contributed by atoms with Gasteiger partial charge in [-0.05, 0) is 168 Å². The number of hydrogen-bond acceptors (Lipinski definition) is 13. The summed E-state index contributed by atoms with van der Waals surface area (Å²) in [6, 6.07) is 36.5. The zero-order valence-corrected chi connectivity index (χ0v) is 63.1. The second-order valence-electron chi connectivity index (χ2n) is 24.8. The number of ether oxygens (including phenoxy) is 12. The molecular weight excluding hydrogens is 1270 g/mol. The van der Waals surface area contributed by atoms with Gasteiger partial charge in [-0.25, -0.2) is 0 Å². The van der Waals surface area contributed by atoms with Crippen molar-refractivity contribution in [2.24, 2.45) is 4.99 Å². The molecule has 0 N–H and O–H groups in total. The predicted octanol–water partition coefficient (Wildman–Crippen LogP) is 23.8. The second kappa shape index (κ2) is 45.4. The molecule has 7 rings (SSSR count). The summed E-state index contributed by atoms with van der Waals surface area (Å²) in [4.78, 5) is 4.78. The van der Waals surface area contributed by atoms with E-state index in [0.29, 0.717) is 90.8 Å². The number of nitrogens with zero attached hydrogens (tertiary/aromatic N) is 1. The molecule has 0 amide bonds. The molecule has 0 unspecified atom stereocenters. The quantitative estimate of drug-likeness (QED) is 0.0266. The van der Waals surface area contributed by atoms with Crippen molar-refractivity contribution in [2.75, 3.05) is 79.3 Å². The van der Waals surface area contributed by atoms with Gasteiger partial charge in [0.15, 0.2) is 0 Å². The molecule has 0 saturated carbocycles. The molecule has 0 atom stereocenters. The summed E-state index contributed by atoms with van der Waals surface area (Å²) in [5.74, 6) is 8.86. The van der Waals surface area contributed by atoms with Gasteiger partial charge >= 0.3 is 0 Å². The number of benzene rings is 7. The molecule has 0 radical (unpaired) electrons. The summed E-state index contributed by atoms with van der Waals surface area (Å²) < 4.78 is 77.7. The first-order valence-electron chi connectivity index (χ1n) is 37.6. The van der Waals surface area contributed by atoms with E-state index in [4.69, 9.17) is 61.8 Å². The Labute approximate surface area is 610 Å². The Morgan fingerprint density at radius 3 is 0.637 bits per heavy atom. The molecule has 13 nitrogen and oxygen atoms in total. The van der Waals surface area contributed by atoms with E-state index >= 15 is 0 Å². The SMILES string of the molecule is CCCOc1ccc(OCCC)c(/C=C/c2cc(OCCC)c(/C=C/c3cc(OCCC)c(/C=C/c4cc(OCCC)c(/C=C/c5cc(OCCC)c(/C=C/c6cc(OCCC)c(C=Nc7ccccc7)cc6OCCC)cc5OCCC)cc4OCCC)cc3OCCC)cc2OCCC)c1.